The third kappa shape index (κ3) is 3.94. The van der Waals surface area contributed by atoms with Crippen molar-refractivity contribution in [1.82, 2.24) is 15.1 Å². The first-order valence-corrected chi connectivity index (χ1v) is 7.66. The maximum absolute atomic E-state index is 11.9. The summed E-state index contributed by atoms with van der Waals surface area (Å²) in [5, 5.41) is 4.08. The highest BCUT2D eigenvalue weighted by atomic mass is 79.9. The van der Waals surface area contributed by atoms with Crippen LogP contribution in [-0.2, 0) is 11.3 Å². The molecule has 3 rings (SSSR count). The van der Waals surface area contributed by atoms with Gasteiger partial charge in [0.25, 0.3) is 5.89 Å². The Balaban J connectivity index is 1.67. The maximum Gasteiger partial charge on any atom is 0.338 e. The number of hydrogen-bond acceptors (Lipinski definition) is 6. The van der Waals surface area contributed by atoms with Gasteiger partial charge in [-0.15, -0.1) is 0 Å². The molecule has 0 aliphatic heterocycles. The summed E-state index contributed by atoms with van der Waals surface area (Å²) in [5.74, 6) is 0.0780. The number of aromatic nitrogens is 3. The van der Waals surface area contributed by atoms with Crippen molar-refractivity contribution in [2.45, 2.75) is 6.61 Å². The predicted molar refractivity (Wildman–Crippen MR) is 85.8 cm³/mol. The van der Waals surface area contributed by atoms with Crippen LogP contribution in [0, 0.1) is 0 Å². The molecule has 23 heavy (non-hydrogen) atoms. The van der Waals surface area contributed by atoms with Gasteiger partial charge in [-0.3, -0.25) is 0 Å². The largest absolute Gasteiger partial charge is 0.452 e. The van der Waals surface area contributed by atoms with Gasteiger partial charge in [-0.2, -0.15) is 4.98 Å². The highest BCUT2D eigenvalue weighted by Gasteiger charge is 2.13. The van der Waals surface area contributed by atoms with Crippen LogP contribution < -0.4 is 0 Å². The van der Waals surface area contributed by atoms with Crippen molar-refractivity contribution < 1.29 is 14.1 Å². The highest BCUT2D eigenvalue weighted by Crippen LogP contribution is 2.20. The van der Waals surface area contributed by atoms with Crippen LogP contribution in [0.25, 0.3) is 11.4 Å². The van der Waals surface area contributed by atoms with E-state index in [1.54, 1.807) is 0 Å². The van der Waals surface area contributed by atoms with Crippen LogP contribution in [0.5, 0.6) is 0 Å². The van der Waals surface area contributed by atoms with Crippen molar-refractivity contribution in [3.63, 3.8) is 0 Å². The zero-order valence-electron chi connectivity index (χ0n) is 11.6. The predicted octanol–water partition coefficient (Wildman–Crippen LogP) is 3.90. The lowest BCUT2D eigenvalue weighted by atomic mass is 10.2. The van der Waals surface area contributed by atoms with Crippen LogP contribution in [0.15, 0.2) is 51.6 Å². The lowest BCUT2D eigenvalue weighted by Gasteiger charge is -2.01. The van der Waals surface area contributed by atoms with Crippen molar-refractivity contribution in [1.29, 1.82) is 0 Å². The Morgan fingerprint density at radius 1 is 1.30 bits per heavy atom. The monoisotopic (exact) mass is 393 g/mol. The minimum Gasteiger partial charge on any atom is -0.452 e. The van der Waals surface area contributed by atoms with Crippen LogP contribution >= 0.6 is 27.5 Å². The first-order chi connectivity index (χ1) is 11.1. The molecule has 6 nitrogen and oxygen atoms in total. The fraction of sp³-hybridized carbons (Fsp3) is 0.0667. The average Bonchev–Trinajstić information content (AvgIpc) is 3.01. The number of nitrogens with zero attached hydrogens (tertiary/aromatic N) is 3. The average molecular weight is 395 g/mol. The molecular weight excluding hydrogens is 386 g/mol. The molecule has 0 unspecified atom stereocenters. The Morgan fingerprint density at radius 2 is 2.17 bits per heavy atom. The van der Waals surface area contributed by atoms with Gasteiger partial charge in [0.1, 0.15) is 5.15 Å². The number of carbonyl (C=O) groups excluding carboxylic acids is 1. The van der Waals surface area contributed by atoms with Gasteiger partial charge in [0.15, 0.2) is 6.61 Å². The zero-order chi connectivity index (χ0) is 16.2. The number of carbonyl (C=O) groups is 1. The summed E-state index contributed by atoms with van der Waals surface area (Å²) in [4.78, 5) is 19.9. The highest BCUT2D eigenvalue weighted by molar-refractivity contribution is 9.10. The Hall–Kier alpha value is -2.25. The van der Waals surface area contributed by atoms with Crippen LogP contribution in [0.1, 0.15) is 16.2 Å². The van der Waals surface area contributed by atoms with Gasteiger partial charge in [-0.1, -0.05) is 44.8 Å². The molecule has 2 aromatic heterocycles. The molecular formula is C15H9BrClN3O3. The number of halogens is 2. The summed E-state index contributed by atoms with van der Waals surface area (Å²) in [7, 11) is 0. The molecule has 2 heterocycles. The number of esters is 1. The van der Waals surface area contributed by atoms with E-state index in [0.29, 0.717) is 11.4 Å². The lowest BCUT2D eigenvalue weighted by molar-refractivity contribution is 0.0429. The molecule has 0 aliphatic rings. The normalized spacial score (nSPS) is 10.5. The summed E-state index contributed by atoms with van der Waals surface area (Å²) >= 11 is 9.10. The second kappa shape index (κ2) is 6.89. The Labute approximate surface area is 144 Å². The van der Waals surface area contributed by atoms with E-state index in [2.05, 4.69) is 31.1 Å². The van der Waals surface area contributed by atoms with E-state index in [1.807, 2.05) is 24.3 Å². The minimum atomic E-state index is -0.545. The number of benzene rings is 1. The van der Waals surface area contributed by atoms with Crippen LogP contribution in [0.4, 0.5) is 0 Å². The number of hydrogen-bond donors (Lipinski definition) is 0. The van der Waals surface area contributed by atoms with Crippen LogP contribution in [0.3, 0.4) is 0 Å². The number of rotatable bonds is 4. The van der Waals surface area contributed by atoms with Crippen molar-refractivity contribution in [2.24, 2.45) is 0 Å². The van der Waals surface area contributed by atoms with Gasteiger partial charge in [0.05, 0.1) is 5.56 Å². The lowest BCUT2D eigenvalue weighted by Crippen LogP contribution is -2.05. The van der Waals surface area contributed by atoms with E-state index in [9.17, 15) is 4.79 Å². The molecule has 1 aromatic carbocycles. The SMILES string of the molecule is O=C(OCc1nc(-c2cccc(Br)c2)no1)c1ccnc(Cl)c1. The summed E-state index contributed by atoms with van der Waals surface area (Å²) in [6.07, 6.45) is 1.43. The minimum absolute atomic E-state index is 0.125. The van der Waals surface area contributed by atoms with Gasteiger partial charge in [-0.05, 0) is 24.3 Å². The smallest absolute Gasteiger partial charge is 0.338 e. The molecule has 3 aromatic rings. The first kappa shape index (κ1) is 15.6. The van der Waals surface area contributed by atoms with E-state index in [1.165, 1.54) is 18.3 Å². The van der Waals surface area contributed by atoms with E-state index in [4.69, 9.17) is 20.9 Å². The molecule has 0 saturated carbocycles. The summed E-state index contributed by atoms with van der Waals surface area (Å²) in [5.41, 5.74) is 1.10. The number of pyridine rings is 1. The Kier molecular flexibility index (Phi) is 4.68. The van der Waals surface area contributed by atoms with Gasteiger partial charge in [0, 0.05) is 16.2 Å². The molecule has 0 aliphatic carbocycles. The van der Waals surface area contributed by atoms with Gasteiger partial charge in [-0.25, -0.2) is 9.78 Å². The van der Waals surface area contributed by atoms with Crippen molar-refractivity contribution in [2.75, 3.05) is 0 Å². The molecule has 8 heteroatoms. The molecule has 116 valence electrons. The van der Waals surface area contributed by atoms with Gasteiger partial charge >= 0.3 is 5.97 Å². The third-order valence-corrected chi connectivity index (χ3v) is 3.54. The molecule has 0 N–H and O–H groups in total. The molecule has 0 fully saturated rings. The van der Waals surface area contributed by atoms with Gasteiger partial charge in [0.2, 0.25) is 5.82 Å². The Bertz CT molecular complexity index is 853. The molecule has 0 saturated heterocycles. The summed E-state index contributed by atoms with van der Waals surface area (Å²) < 4.78 is 11.1. The molecule has 0 amide bonds. The molecule has 0 spiro atoms. The second-order valence-electron chi connectivity index (χ2n) is 4.47. The van der Waals surface area contributed by atoms with Crippen LogP contribution in [-0.4, -0.2) is 21.1 Å². The summed E-state index contributed by atoms with van der Waals surface area (Å²) in [6, 6.07) is 10.4. The Morgan fingerprint density at radius 3 is 2.96 bits per heavy atom. The van der Waals surface area contributed by atoms with E-state index in [0.717, 1.165) is 10.0 Å². The standard InChI is InChI=1S/C15H9BrClN3O3/c16-11-3-1-2-9(6-11)14-19-13(23-20-14)8-22-15(21)10-4-5-18-12(17)7-10/h1-7H,8H2. The number of ether oxygens (including phenoxy) is 1. The van der Waals surface area contributed by atoms with Gasteiger partial charge < -0.3 is 9.26 Å². The maximum atomic E-state index is 11.9. The topological polar surface area (TPSA) is 78.1 Å². The van der Waals surface area contributed by atoms with Crippen molar-refractivity contribution in [3.05, 3.63) is 63.7 Å². The quantitative estimate of drug-likeness (QED) is 0.493. The zero-order valence-corrected chi connectivity index (χ0v) is 13.9. The molecule has 0 radical (unpaired) electrons. The fourth-order valence-corrected chi connectivity index (χ4v) is 2.37. The van der Waals surface area contributed by atoms with Crippen molar-refractivity contribution >= 4 is 33.5 Å². The van der Waals surface area contributed by atoms with Crippen LogP contribution in [0.2, 0.25) is 5.15 Å². The van der Waals surface area contributed by atoms with Crippen molar-refractivity contribution in [3.8, 4) is 11.4 Å². The van der Waals surface area contributed by atoms with E-state index < -0.39 is 5.97 Å². The molecule has 0 atom stereocenters. The second-order valence-corrected chi connectivity index (χ2v) is 5.77. The summed E-state index contributed by atoms with van der Waals surface area (Å²) in [6.45, 7) is -0.125. The fourth-order valence-electron chi connectivity index (χ4n) is 1.80. The van der Waals surface area contributed by atoms with E-state index >= 15 is 0 Å². The molecule has 0 bridgehead atoms. The first-order valence-electron chi connectivity index (χ1n) is 6.49. The van der Waals surface area contributed by atoms with E-state index in [-0.39, 0.29) is 17.7 Å². The third-order valence-electron chi connectivity index (χ3n) is 2.84.